The summed E-state index contributed by atoms with van der Waals surface area (Å²) in [5, 5.41) is 3.43. The number of hydrogen-bond donors (Lipinski definition) is 1. The Labute approximate surface area is 124 Å². The van der Waals surface area contributed by atoms with Crippen molar-refractivity contribution >= 4 is 5.97 Å². The quantitative estimate of drug-likeness (QED) is 0.793. The fourth-order valence-corrected chi connectivity index (χ4v) is 2.27. The van der Waals surface area contributed by atoms with Gasteiger partial charge in [-0.3, -0.25) is 0 Å². The van der Waals surface area contributed by atoms with E-state index in [1.807, 2.05) is 13.0 Å². The van der Waals surface area contributed by atoms with Crippen LogP contribution in [0.5, 0.6) is 0 Å². The van der Waals surface area contributed by atoms with Crippen LogP contribution in [0.2, 0.25) is 0 Å². The number of carbonyl (C=O) groups excluding carboxylic acids is 1. The van der Waals surface area contributed by atoms with Crippen molar-refractivity contribution in [1.29, 1.82) is 0 Å². The van der Waals surface area contributed by atoms with Crippen molar-refractivity contribution in [1.82, 2.24) is 5.32 Å². The van der Waals surface area contributed by atoms with E-state index in [1.165, 1.54) is 7.11 Å². The van der Waals surface area contributed by atoms with Gasteiger partial charge >= 0.3 is 5.97 Å². The Hall–Kier alpha value is -2.01. The molecular weight excluding hydrogens is 270 g/mol. The molecule has 114 valence electrons. The Balaban J connectivity index is 2.31. The largest absolute Gasteiger partial charge is 0.469 e. The molecule has 2 heterocycles. The predicted octanol–water partition coefficient (Wildman–Crippen LogP) is 3.31. The number of aryl methyl sites for hydroxylation is 1. The molecule has 0 radical (unpaired) electrons. The number of carbonyl (C=O) groups is 1. The number of ether oxygens (including phenoxy) is 1. The summed E-state index contributed by atoms with van der Waals surface area (Å²) in [5.74, 6) is 1.33. The van der Waals surface area contributed by atoms with Gasteiger partial charge in [-0.1, -0.05) is 13.8 Å². The predicted molar refractivity (Wildman–Crippen MR) is 78.3 cm³/mol. The minimum Gasteiger partial charge on any atom is -0.469 e. The molecule has 0 aliphatic heterocycles. The van der Waals surface area contributed by atoms with Gasteiger partial charge in [0.1, 0.15) is 11.5 Å². The molecule has 2 aromatic heterocycles. The molecule has 21 heavy (non-hydrogen) atoms. The zero-order chi connectivity index (χ0) is 15.2. The molecule has 1 unspecified atom stereocenters. The average molecular weight is 291 g/mol. The van der Waals surface area contributed by atoms with Crippen LogP contribution < -0.4 is 5.32 Å². The van der Waals surface area contributed by atoms with Crippen molar-refractivity contribution in [3.63, 3.8) is 0 Å². The van der Waals surface area contributed by atoms with Crippen LogP contribution in [0, 0.1) is 0 Å². The number of esters is 1. The molecule has 1 atom stereocenters. The molecule has 0 bridgehead atoms. The molecule has 0 saturated carbocycles. The van der Waals surface area contributed by atoms with Crippen LogP contribution >= 0.6 is 0 Å². The fraction of sp³-hybridized carbons (Fsp3) is 0.438. The Morgan fingerprint density at radius 2 is 2.14 bits per heavy atom. The van der Waals surface area contributed by atoms with E-state index in [0.717, 1.165) is 30.7 Å². The molecule has 0 aliphatic carbocycles. The lowest BCUT2D eigenvalue weighted by Gasteiger charge is -2.16. The van der Waals surface area contributed by atoms with Gasteiger partial charge in [0.25, 0.3) is 0 Å². The molecule has 2 rings (SSSR count). The first kappa shape index (κ1) is 15.4. The lowest BCUT2D eigenvalue weighted by atomic mass is 10.0. The summed E-state index contributed by atoms with van der Waals surface area (Å²) in [6.07, 6.45) is 3.48. The maximum absolute atomic E-state index is 11.5. The molecule has 0 aromatic carbocycles. The summed E-state index contributed by atoms with van der Waals surface area (Å²) in [4.78, 5) is 11.5. The van der Waals surface area contributed by atoms with Gasteiger partial charge in [-0.2, -0.15) is 0 Å². The monoisotopic (exact) mass is 291 g/mol. The topological polar surface area (TPSA) is 64.6 Å². The van der Waals surface area contributed by atoms with Crippen molar-refractivity contribution in [2.45, 2.75) is 32.7 Å². The maximum Gasteiger partial charge on any atom is 0.373 e. The van der Waals surface area contributed by atoms with Gasteiger partial charge in [-0.25, -0.2) is 4.79 Å². The first-order valence-electron chi connectivity index (χ1n) is 7.18. The smallest absolute Gasteiger partial charge is 0.373 e. The molecule has 0 fully saturated rings. The summed E-state index contributed by atoms with van der Waals surface area (Å²) < 4.78 is 15.8. The van der Waals surface area contributed by atoms with E-state index in [0.29, 0.717) is 5.76 Å². The van der Waals surface area contributed by atoms with Crippen LogP contribution in [0.25, 0.3) is 0 Å². The number of rotatable bonds is 7. The van der Waals surface area contributed by atoms with Gasteiger partial charge in [0.05, 0.1) is 19.4 Å². The van der Waals surface area contributed by atoms with Gasteiger partial charge in [0.2, 0.25) is 5.76 Å². The maximum atomic E-state index is 11.5. The van der Waals surface area contributed by atoms with Crippen LogP contribution in [-0.2, 0) is 11.2 Å². The van der Waals surface area contributed by atoms with E-state index in [2.05, 4.69) is 17.0 Å². The van der Waals surface area contributed by atoms with E-state index < -0.39 is 5.97 Å². The molecule has 5 nitrogen and oxygen atoms in total. The van der Waals surface area contributed by atoms with Crippen LogP contribution in [0.4, 0.5) is 0 Å². The lowest BCUT2D eigenvalue weighted by molar-refractivity contribution is 0.0562. The first-order valence-corrected chi connectivity index (χ1v) is 7.18. The molecule has 0 saturated heterocycles. The molecule has 1 N–H and O–H groups in total. The highest BCUT2D eigenvalue weighted by Crippen LogP contribution is 2.28. The fourth-order valence-electron chi connectivity index (χ4n) is 2.27. The third-order valence-corrected chi connectivity index (χ3v) is 3.31. The summed E-state index contributed by atoms with van der Waals surface area (Å²) >= 11 is 0. The van der Waals surface area contributed by atoms with Crippen molar-refractivity contribution in [2.24, 2.45) is 0 Å². The summed E-state index contributed by atoms with van der Waals surface area (Å²) in [5.41, 5.74) is 1.04. The SMILES string of the molecule is CCCNC(c1ccc(C(=O)OC)o1)c1ccoc1CC. The highest BCUT2D eigenvalue weighted by molar-refractivity contribution is 5.86. The number of furan rings is 2. The van der Waals surface area contributed by atoms with Crippen molar-refractivity contribution in [3.8, 4) is 0 Å². The van der Waals surface area contributed by atoms with E-state index in [1.54, 1.807) is 18.4 Å². The number of methoxy groups -OCH3 is 1. The Kier molecular flexibility index (Phi) is 5.22. The van der Waals surface area contributed by atoms with Crippen molar-refractivity contribution in [3.05, 3.63) is 47.3 Å². The zero-order valence-electron chi connectivity index (χ0n) is 12.6. The molecule has 2 aromatic rings. The average Bonchev–Trinajstić information content (AvgIpc) is 3.16. The number of hydrogen-bond acceptors (Lipinski definition) is 5. The van der Waals surface area contributed by atoms with E-state index in [-0.39, 0.29) is 11.8 Å². The molecule has 0 spiro atoms. The summed E-state index contributed by atoms with van der Waals surface area (Å²) in [6.45, 7) is 4.98. The highest BCUT2D eigenvalue weighted by atomic mass is 16.5. The van der Waals surface area contributed by atoms with E-state index in [9.17, 15) is 4.79 Å². The molecule has 0 aliphatic rings. The van der Waals surface area contributed by atoms with Crippen molar-refractivity contribution in [2.75, 3.05) is 13.7 Å². The molecule has 0 amide bonds. The highest BCUT2D eigenvalue weighted by Gasteiger charge is 2.23. The second-order valence-electron chi connectivity index (χ2n) is 4.73. The van der Waals surface area contributed by atoms with E-state index in [4.69, 9.17) is 8.83 Å². The first-order chi connectivity index (χ1) is 10.2. The Morgan fingerprint density at radius 1 is 1.33 bits per heavy atom. The standard InChI is InChI=1S/C16H21NO4/c1-4-9-17-15(11-8-10-20-12(11)5-2)13-6-7-14(21-13)16(18)19-3/h6-8,10,15,17H,4-5,9H2,1-3H3. The second-order valence-corrected chi connectivity index (χ2v) is 4.73. The Bertz CT molecular complexity index is 585. The zero-order valence-corrected chi connectivity index (χ0v) is 12.6. The van der Waals surface area contributed by atoms with Crippen LogP contribution in [0.3, 0.4) is 0 Å². The third kappa shape index (κ3) is 3.36. The molecule has 5 heteroatoms. The van der Waals surface area contributed by atoms with Crippen LogP contribution in [-0.4, -0.2) is 19.6 Å². The summed E-state index contributed by atoms with van der Waals surface area (Å²) in [6, 6.07) is 5.24. The summed E-state index contributed by atoms with van der Waals surface area (Å²) in [7, 11) is 1.34. The minimum atomic E-state index is -0.474. The lowest BCUT2D eigenvalue weighted by Crippen LogP contribution is -2.23. The van der Waals surface area contributed by atoms with E-state index >= 15 is 0 Å². The van der Waals surface area contributed by atoms with Gasteiger partial charge in [-0.15, -0.1) is 0 Å². The second kappa shape index (κ2) is 7.13. The van der Waals surface area contributed by atoms with Gasteiger partial charge in [0, 0.05) is 12.0 Å². The van der Waals surface area contributed by atoms with Crippen LogP contribution in [0.15, 0.2) is 33.3 Å². The Morgan fingerprint density at radius 3 is 2.81 bits per heavy atom. The van der Waals surface area contributed by atoms with Gasteiger partial charge in [-0.05, 0) is 31.2 Å². The number of nitrogens with one attached hydrogen (secondary N) is 1. The van der Waals surface area contributed by atoms with Crippen LogP contribution in [0.1, 0.15) is 53.9 Å². The minimum absolute atomic E-state index is 0.128. The normalized spacial score (nSPS) is 12.3. The molecular formula is C16H21NO4. The van der Waals surface area contributed by atoms with Gasteiger partial charge < -0.3 is 18.9 Å². The van der Waals surface area contributed by atoms with Gasteiger partial charge in [0.15, 0.2) is 0 Å². The van der Waals surface area contributed by atoms with Crippen molar-refractivity contribution < 1.29 is 18.4 Å². The third-order valence-electron chi connectivity index (χ3n) is 3.31.